The lowest BCUT2D eigenvalue weighted by molar-refractivity contribution is 0.102. The number of hydrogen-bond donors (Lipinski definition) is 2. The highest BCUT2D eigenvalue weighted by Crippen LogP contribution is 2.10. The first-order valence-corrected chi connectivity index (χ1v) is 5.48. The van der Waals surface area contributed by atoms with E-state index in [-0.39, 0.29) is 5.91 Å². The van der Waals surface area contributed by atoms with Gasteiger partial charge in [-0.25, -0.2) is 0 Å². The summed E-state index contributed by atoms with van der Waals surface area (Å²) in [4.78, 5) is 16.0. The maximum Gasteiger partial charge on any atom is 0.258 e. The fourth-order valence-corrected chi connectivity index (χ4v) is 1.51. The van der Waals surface area contributed by atoms with Gasteiger partial charge in [0.15, 0.2) is 5.82 Å². The summed E-state index contributed by atoms with van der Waals surface area (Å²) in [6, 6.07) is 5.30. The van der Waals surface area contributed by atoms with E-state index in [1.54, 1.807) is 25.3 Å². The Hall–Kier alpha value is -2.17. The van der Waals surface area contributed by atoms with E-state index >= 15 is 0 Å². The van der Waals surface area contributed by atoms with Crippen LogP contribution < -0.4 is 5.32 Å². The molecule has 88 valence electrons. The minimum absolute atomic E-state index is 0.190. The molecule has 5 heteroatoms. The molecule has 2 heterocycles. The van der Waals surface area contributed by atoms with Crippen molar-refractivity contribution in [3.8, 4) is 0 Å². The van der Waals surface area contributed by atoms with Crippen LogP contribution in [0.2, 0.25) is 0 Å². The molecule has 0 unspecified atom stereocenters. The normalized spacial score (nSPS) is 10.2. The Balaban J connectivity index is 2.14. The molecule has 0 saturated heterocycles. The Morgan fingerprint density at radius 3 is 3.00 bits per heavy atom. The number of pyridine rings is 1. The SMILES string of the molecule is CCc1cc(NC(=O)c2cccnc2C)n[nH]1. The highest BCUT2D eigenvalue weighted by Gasteiger charge is 2.10. The number of hydrogen-bond acceptors (Lipinski definition) is 3. The summed E-state index contributed by atoms with van der Waals surface area (Å²) in [5, 5.41) is 9.58. The monoisotopic (exact) mass is 230 g/mol. The van der Waals surface area contributed by atoms with Crippen molar-refractivity contribution in [3.63, 3.8) is 0 Å². The van der Waals surface area contributed by atoms with Crippen LogP contribution in [0.1, 0.15) is 28.7 Å². The summed E-state index contributed by atoms with van der Waals surface area (Å²) in [7, 11) is 0. The summed E-state index contributed by atoms with van der Waals surface area (Å²) in [6.07, 6.45) is 2.52. The topological polar surface area (TPSA) is 70.7 Å². The first-order valence-electron chi connectivity index (χ1n) is 5.48. The standard InChI is InChI=1S/C12H14N4O/c1-3-9-7-11(16-15-9)14-12(17)10-5-4-6-13-8(10)2/h4-7H,3H2,1-2H3,(H2,14,15,16,17). The second-order valence-electron chi connectivity index (χ2n) is 3.72. The van der Waals surface area contributed by atoms with Gasteiger partial charge in [-0.3, -0.25) is 14.9 Å². The number of H-pyrrole nitrogens is 1. The number of anilines is 1. The lowest BCUT2D eigenvalue weighted by Crippen LogP contribution is -2.14. The molecule has 0 saturated carbocycles. The predicted molar refractivity (Wildman–Crippen MR) is 64.9 cm³/mol. The molecule has 2 N–H and O–H groups in total. The second kappa shape index (κ2) is 4.78. The van der Waals surface area contributed by atoms with Gasteiger partial charge in [-0.2, -0.15) is 5.10 Å². The average Bonchev–Trinajstić information content (AvgIpc) is 2.77. The van der Waals surface area contributed by atoms with Crippen LogP contribution in [0.25, 0.3) is 0 Å². The zero-order valence-electron chi connectivity index (χ0n) is 9.82. The number of amides is 1. The molecular formula is C12H14N4O. The third-order valence-corrected chi connectivity index (χ3v) is 2.50. The van der Waals surface area contributed by atoms with E-state index in [0.29, 0.717) is 17.1 Å². The number of nitrogens with one attached hydrogen (secondary N) is 2. The number of nitrogens with zero attached hydrogens (tertiary/aromatic N) is 2. The van der Waals surface area contributed by atoms with Crippen molar-refractivity contribution in [1.82, 2.24) is 15.2 Å². The minimum atomic E-state index is -0.190. The summed E-state index contributed by atoms with van der Waals surface area (Å²) >= 11 is 0. The number of carbonyl (C=O) groups is 1. The molecular weight excluding hydrogens is 216 g/mol. The Morgan fingerprint density at radius 2 is 2.35 bits per heavy atom. The number of aryl methyl sites for hydroxylation is 2. The van der Waals surface area contributed by atoms with Crippen molar-refractivity contribution >= 4 is 11.7 Å². The Morgan fingerprint density at radius 1 is 1.53 bits per heavy atom. The molecule has 0 aliphatic rings. The van der Waals surface area contributed by atoms with E-state index < -0.39 is 0 Å². The Kier molecular flexibility index (Phi) is 3.18. The zero-order valence-corrected chi connectivity index (χ0v) is 9.82. The van der Waals surface area contributed by atoms with Crippen LogP contribution in [-0.4, -0.2) is 21.1 Å². The first kappa shape index (κ1) is 11.3. The molecule has 0 atom stereocenters. The zero-order chi connectivity index (χ0) is 12.3. The molecule has 0 bridgehead atoms. The maximum atomic E-state index is 11.9. The third kappa shape index (κ3) is 2.50. The Labute approximate surface area is 99.3 Å². The quantitative estimate of drug-likeness (QED) is 0.846. The summed E-state index contributed by atoms with van der Waals surface area (Å²) < 4.78 is 0. The van der Waals surface area contributed by atoms with Gasteiger partial charge in [0.1, 0.15) is 0 Å². The average molecular weight is 230 g/mol. The Bertz CT molecular complexity index is 533. The fraction of sp³-hybridized carbons (Fsp3) is 0.250. The van der Waals surface area contributed by atoms with Crippen LogP contribution in [0.15, 0.2) is 24.4 Å². The van der Waals surface area contributed by atoms with E-state index in [1.165, 1.54) is 0 Å². The minimum Gasteiger partial charge on any atom is -0.305 e. The largest absolute Gasteiger partial charge is 0.305 e. The summed E-state index contributed by atoms with van der Waals surface area (Å²) in [5.74, 6) is 0.347. The van der Waals surface area contributed by atoms with Crippen molar-refractivity contribution in [2.24, 2.45) is 0 Å². The van der Waals surface area contributed by atoms with Gasteiger partial charge in [-0.1, -0.05) is 6.92 Å². The number of rotatable bonds is 3. The second-order valence-corrected chi connectivity index (χ2v) is 3.72. The highest BCUT2D eigenvalue weighted by atomic mass is 16.1. The fourth-order valence-electron chi connectivity index (χ4n) is 1.51. The van der Waals surface area contributed by atoms with Crippen LogP contribution >= 0.6 is 0 Å². The molecule has 0 aliphatic carbocycles. The predicted octanol–water partition coefficient (Wildman–Crippen LogP) is 1.93. The highest BCUT2D eigenvalue weighted by molar-refractivity contribution is 6.04. The van der Waals surface area contributed by atoms with Gasteiger partial charge in [-0.05, 0) is 25.5 Å². The smallest absolute Gasteiger partial charge is 0.258 e. The summed E-state index contributed by atoms with van der Waals surface area (Å²) in [6.45, 7) is 3.82. The molecule has 0 fully saturated rings. The van der Waals surface area contributed by atoms with Crippen LogP contribution in [0.3, 0.4) is 0 Å². The van der Waals surface area contributed by atoms with Gasteiger partial charge in [0.2, 0.25) is 0 Å². The van der Waals surface area contributed by atoms with Crippen LogP contribution in [0, 0.1) is 6.92 Å². The molecule has 17 heavy (non-hydrogen) atoms. The van der Waals surface area contributed by atoms with E-state index in [0.717, 1.165) is 12.1 Å². The molecule has 1 amide bonds. The van der Waals surface area contributed by atoms with Crippen LogP contribution in [0.5, 0.6) is 0 Å². The third-order valence-electron chi connectivity index (χ3n) is 2.50. The molecule has 0 aromatic carbocycles. The van der Waals surface area contributed by atoms with Crippen molar-refractivity contribution in [2.45, 2.75) is 20.3 Å². The van der Waals surface area contributed by atoms with Crippen LogP contribution in [-0.2, 0) is 6.42 Å². The van der Waals surface area contributed by atoms with Gasteiger partial charge in [0.05, 0.1) is 5.56 Å². The van der Waals surface area contributed by atoms with Crippen molar-refractivity contribution < 1.29 is 4.79 Å². The van der Waals surface area contributed by atoms with E-state index in [1.807, 2.05) is 13.0 Å². The van der Waals surface area contributed by atoms with Crippen molar-refractivity contribution in [3.05, 3.63) is 41.3 Å². The molecule has 2 aromatic rings. The van der Waals surface area contributed by atoms with Crippen molar-refractivity contribution in [1.29, 1.82) is 0 Å². The number of aromatic amines is 1. The molecule has 0 aliphatic heterocycles. The maximum absolute atomic E-state index is 11.9. The number of carbonyl (C=O) groups excluding carboxylic acids is 1. The lowest BCUT2D eigenvalue weighted by atomic mass is 10.2. The number of aromatic nitrogens is 3. The summed E-state index contributed by atoms with van der Waals surface area (Å²) in [5.41, 5.74) is 2.26. The molecule has 0 spiro atoms. The molecule has 2 rings (SSSR count). The van der Waals surface area contributed by atoms with Gasteiger partial charge in [0, 0.05) is 23.7 Å². The molecule has 0 radical (unpaired) electrons. The van der Waals surface area contributed by atoms with E-state index in [4.69, 9.17) is 0 Å². The van der Waals surface area contributed by atoms with Gasteiger partial charge in [0.25, 0.3) is 5.91 Å². The van der Waals surface area contributed by atoms with E-state index in [2.05, 4.69) is 20.5 Å². The molecule has 5 nitrogen and oxygen atoms in total. The van der Waals surface area contributed by atoms with Gasteiger partial charge >= 0.3 is 0 Å². The van der Waals surface area contributed by atoms with Crippen molar-refractivity contribution in [2.75, 3.05) is 5.32 Å². The van der Waals surface area contributed by atoms with E-state index in [9.17, 15) is 4.79 Å². The first-order chi connectivity index (χ1) is 8.20. The molecule has 2 aromatic heterocycles. The van der Waals surface area contributed by atoms with Gasteiger partial charge < -0.3 is 5.32 Å². The lowest BCUT2D eigenvalue weighted by Gasteiger charge is -2.03. The van der Waals surface area contributed by atoms with Gasteiger partial charge in [-0.15, -0.1) is 0 Å². The van der Waals surface area contributed by atoms with Crippen LogP contribution in [0.4, 0.5) is 5.82 Å².